The molecule has 6 atom stereocenters. The van der Waals surface area contributed by atoms with Gasteiger partial charge in [0.2, 0.25) is 33.6 Å². The number of benzene rings is 5. The second kappa shape index (κ2) is 18.6. The van der Waals surface area contributed by atoms with Crippen LogP contribution in [-0.4, -0.2) is 46.7 Å². The molecule has 0 spiro atoms. The number of nitrogens with zero attached hydrogens (tertiary/aromatic N) is 1. The molecule has 8 nitrogen and oxygen atoms in total. The van der Waals surface area contributed by atoms with Crippen molar-refractivity contribution in [3.63, 3.8) is 0 Å². The minimum atomic E-state index is -2.37. The van der Waals surface area contributed by atoms with E-state index in [2.05, 4.69) is 76.0 Å². The predicted octanol–water partition coefficient (Wildman–Crippen LogP) is 6.06. The molecule has 1 heterocycles. The molecule has 6 aromatic rings. The van der Waals surface area contributed by atoms with Crippen LogP contribution in [0.1, 0.15) is 33.4 Å². The summed E-state index contributed by atoms with van der Waals surface area (Å²) >= 11 is 0. The zero-order valence-electron chi connectivity index (χ0n) is 35.1. The van der Waals surface area contributed by atoms with Crippen LogP contribution >= 0.6 is 0 Å². The first kappa shape index (κ1) is 44.2. The third kappa shape index (κ3) is 9.32. The maximum Gasteiger partial charge on any atom is 0.216 e. The maximum atomic E-state index is 12.7. The lowest BCUT2D eigenvalue weighted by Crippen LogP contribution is -2.32. The highest BCUT2D eigenvalue weighted by molar-refractivity contribution is 5.56. The summed E-state index contributed by atoms with van der Waals surface area (Å²) in [4.78, 5) is 4.09. The molecule has 0 fully saturated rings. The first-order valence-corrected chi connectivity index (χ1v) is 20.0. The van der Waals surface area contributed by atoms with Crippen molar-refractivity contribution < 1.29 is 34.6 Å². The lowest BCUT2D eigenvalue weighted by Gasteiger charge is -2.26. The first-order valence-electron chi connectivity index (χ1n) is 20.0. The van der Waals surface area contributed by atoms with Crippen molar-refractivity contribution in [2.45, 2.75) is 33.6 Å². The Morgan fingerprint density at radius 3 is 0.906 bits per heavy atom. The zero-order valence-corrected chi connectivity index (χ0v) is 35.1. The van der Waals surface area contributed by atoms with Crippen molar-refractivity contribution in [1.29, 1.82) is 0 Å². The van der Waals surface area contributed by atoms with Gasteiger partial charge in [0.15, 0.2) is 0 Å². The molecule has 7 rings (SSSR count). The summed E-state index contributed by atoms with van der Waals surface area (Å²) in [6.07, 6.45) is 2.90. The van der Waals surface area contributed by atoms with E-state index in [0.717, 1.165) is 0 Å². The van der Waals surface area contributed by atoms with E-state index < -0.39 is 33.6 Å². The normalized spacial score (nSPS) is 25.9. The van der Waals surface area contributed by atoms with Gasteiger partial charge in [-0.1, -0.05) is 133 Å². The van der Waals surface area contributed by atoms with Gasteiger partial charge in [-0.15, -0.1) is 0 Å². The summed E-state index contributed by atoms with van der Waals surface area (Å²) in [5.74, 6) is 35.9. The third-order valence-corrected chi connectivity index (χ3v) is 10.5. The van der Waals surface area contributed by atoms with E-state index in [-0.39, 0.29) is 22.3 Å². The summed E-state index contributed by atoms with van der Waals surface area (Å²) in [5, 5.41) is 50.3. The van der Waals surface area contributed by atoms with Gasteiger partial charge in [0.25, 0.3) is 0 Å². The van der Waals surface area contributed by atoms with Crippen molar-refractivity contribution in [3.8, 4) is 76.8 Å². The molecular weight excluding hydrogens is 799 g/mol. The van der Waals surface area contributed by atoms with Crippen LogP contribution in [0.25, 0.3) is 0 Å². The fourth-order valence-electron chi connectivity index (χ4n) is 6.70. The average Bonchev–Trinajstić information content (AvgIpc) is 3.37. The molecule has 0 amide bonds. The molecule has 6 unspecified atom stereocenters. The number of rotatable bonds is 9. The number of ether oxygens (including phenoxy) is 3. The van der Waals surface area contributed by atoms with Gasteiger partial charge >= 0.3 is 0 Å². The lowest BCUT2D eigenvalue weighted by atomic mass is 9.86. The topological polar surface area (TPSA) is 122 Å². The standard InChI is InChI=1S/C56H41NO7/c1-62-50-26-24-49(25-27-50)56(64-3)39-37-53(60,45-18-10-5-11-19-45)34-31-51(58,44-16-8-4-9-17-44)30-32-52(59,47-28-42-57-43-29-47)33-35-54(61,46-20-12-6-13-21-46)36-38-55(63-2,40-41-56)48-22-14-7-15-23-48/h4-29,42-43,58-61H,1-3H3. The molecule has 4 N–H and O–H groups in total. The molecule has 0 saturated heterocycles. The summed E-state index contributed by atoms with van der Waals surface area (Å²) in [6.45, 7) is 0. The lowest BCUT2D eigenvalue weighted by molar-refractivity contribution is 0.0788. The highest BCUT2D eigenvalue weighted by Gasteiger charge is 2.37. The van der Waals surface area contributed by atoms with E-state index in [1.54, 1.807) is 147 Å². The summed E-state index contributed by atoms with van der Waals surface area (Å²) in [6, 6.07) is 44.2. The minimum absolute atomic E-state index is 0.172. The molecule has 1 aliphatic rings. The third-order valence-electron chi connectivity index (χ3n) is 10.5. The number of pyridine rings is 1. The molecule has 0 radical (unpaired) electrons. The van der Waals surface area contributed by atoms with Crippen molar-refractivity contribution in [2.24, 2.45) is 0 Å². The van der Waals surface area contributed by atoms with E-state index in [1.807, 2.05) is 6.07 Å². The van der Waals surface area contributed by atoms with Crippen molar-refractivity contribution in [2.75, 3.05) is 21.3 Å². The molecule has 1 aromatic heterocycles. The Kier molecular flexibility index (Phi) is 12.9. The Bertz CT molecular complexity index is 2990. The quantitative estimate of drug-likeness (QED) is 0.130. The highest BCUT2D eigenvalue weighted by Crippen LogP contribution is 2.33. The monoisotopic (exact) mass is 839 g/mol. The Hall–Kier alpha value is -7.83. The van der Waals surface area contributed by atoms with Crippen LogP contribution in [0.5, 0.6) is 5.75 Å². The first-order chi connectivity index (χ1) is 30.9. The number of hydrogen-bond acceptors (Lipinski definition) is 8. The van der Waals surface area contributed by atoms with Gasteiger partial charge < -0.3 is 34.6 Å². The molecular formula is C56H41NO7. The molecule has 5 aromatic carbocycles. The van der Waals surface area contributed by atoms with Gasteiger partial charge in [0.1, 0.15) is 5.75 Å². The van der Waals surface area contributed by atoms with E-state index >= 15 is 0 Å². The predicted molar refractivity (Wildman–Crippen MR) is 243 cm³/mol. The van der Waals surface area contributed by atoms with Crippen molar-refractivity contribution in [3.05, 3.63) is 203 Å². The van der Waals surface area contributed by atoms with Gasteiger partial charge in [0.05, 0.1) is 7.11 Å². The van der Waals surface area contributed by atoms with E-state index in [4.69, 9.17) is 14.2 Å². The fourth-order valence-corrected chi connectivity index (χ4v) is 6.70. The summed E-state index contributed by atoms with van der Waals surface area (Å²) in [7, 11) is 4.40. The molecule has 64 heavy (non-hydrogen) atoms. The van der Waals surface area contributed by atoms with Gasteiger partial charge in [-0.25, -0.2) is 0 Å². The van der Waals surface area contributed by atoms with Crippen molar-refractivity contribution in [1.82, 2.24) is 4.98 Å². The number of hydrogen-bond donors (Lipinski definition) is 4. The van der Waals surface area contributed by atoms with E-state index in [1.165, 1.54) is 38.7 Å². The van der Waals surface area contributed by atoms with E-state index in [9.17, 15) is 20.4 Å². The molecule has 1 aliphatic carbocycles. The second-order valence-corrected chi connectivity index (χ2v) is 14.5. The van der Waals surface area contributed by atoms with Gasteiger partial charge in [-0.2, -0.15) is 0 Å². The minimum Gasteiger partial charge on any atom is -0.497 e. The van der Waals surface area contributed by atoms with Gasteiger partial charge in [-0.3, -0.25) is 4.98 Å². The van der Waals surface area contributed by atoms with Gasteiger partial charge in [0, 0.05) is 60.0 Å². The van der Waals surface area contributed by atoms with Crippen molar-refractivity contribution >= 4 is 0 Å². The van der Waals surface area contributed by atoms with Crippen LogP contribution < -0.4 is 4.74 Å². The molecule has 312 valence electrons. The van der Waals surface area contributed by atoms with Crippen LogP contribution in [0.15, 0.2) is 170 Å². The van der Waals surface area contributed by atoms with Crippen LogP contribution in [0, 0.1) is 71.0 Å². The summed E-state index contributed by atoms with van der Waals surface area (Å²) in [5.41, 5.74) is -11.0. The maximum absolute atomic E-state index is 12.7. The Balaban J connectivity index is 1.63. The Morgan fingerprint density at radius 2 is 0.594 bits per heavy atom. The van der Waals surface area contributed by atoms with Crippen LogP contribution in [0.3, 0.4) is 0 Å². The van der Waals surface area contributed by atoms with Crippen LogP contribution in [0.2, 0.25) is 0 Å². The zero-order chi connectivity index (χ0) is 45.2. The Morgan fingerprint density at radius 1 is 0.328 bits per heavy atom. The van der Waals surface area contributed by atoms with E-state index in [0.29, 0.717) is 16.9 Å². The van der Waals surface area contributed by atoms with Crippen LogP contribution in [-0.2, 0) is 43.1 Å². The van der Waals surface area contributed by atoms with Gasteiger partial charge in [-0.05, 0) is 95.3 Å². The fraction of sp³-hybridized carbons (Fsp3) is 0.161. The molecule has 8 heteroatoms. The number of methoxy groups -OCH3 is 3. The number of aliphatic hydroxyl groups is 4. The summed E-state index contributed by atoms with van der Waals surface area (Å²) < 4.78 is 17.9. The molecule has 0 saturated carbocycles. The number of aromatic nitrogens is 1. The highest BCUT2D eigenvalue weighted by atomic mass is 16.5. The Labute approximate surface area is 373 Å². The smallest absolute Gasteiger partial charge is 0.216 e. The largest absolute Gasteiger partial charge is 0.497 e. The SMILES string of the molecule is COc1ccc(C2(OC)C#CC(O)(c3ccccc3)C#CC(O)(c3ccccc3)C#CC(O)(c3ccncc3)C#CC(O)(c3ccccc3)C#CC(OC)(c3ccccc3)C#C2)cc1. The molecule has 0 bridgehead atoms. The second-order valence-electron chi connectivity index (χ2n) is 14.5. The average molecular weight is 840 g/mol. The molecule has 0 aliphatic heterocycles. The van der Waals surface area contributed by atoms with Crippen LogP contribution in [0.4, 0.5) is 0 Å².